The van der Waals surface area contributed by atoms with Gasteiger partial charge in [-0.3, -0.25) is 10.1 Å². The van der Waals surface area contributed by atoms with Gasteiger partial charge in [0.05, 0.1) is 4.92 Å². The number of carbonyl (C=O) groups is 1. The maximum Gasteiger partial charge on any atom is 0.333 e. The summed E-state index contributed by atoms with van der Waals surface area (Å²) >= 11 is 0. The molecule has 1 saturated carbocycles. The molecule has 0 spiro atoms. The lowest BCUT2D eigenvalue weighted by molar-refractivity contribution is -0.384. The first-order chi connectivity index (χ1) is 9.78. The van der Waals surface area contributed by atoms with E-state index in [0.29, 0.717) is 12.8 Å². The SMILES string of the molecule is Cc1nn(C(C)C)c(NC2(C(=O)O)CCCC2)c1[N+](=O)[O-]. The molecule has 0 atom stereocenters. The van der Waals surface area contributed by atoms with Gasteiger partial charge >= 0.3 is 11.7 Å². The summed E-state index contributed by atoms with van der Waals surface area (Å²) in [6.45, 7) is 5.26. The van der Waals surface area contributed by atoms with Gasteiger partial charge in [-0.2, -0.15) is 5.10 Å². The Kier molecular flexibility index (Phi) is 3.89. The molecule has 1 fully saturated rings. The van der Waals surface area contributed by atoms with Crippen LogP contribution in [0.2, 0.25) is 0 Å². The summed E-state index contributed by atoms with van der Waals surface area (Å²) in [5, 5.41) is 27.9. The van der Waals surface area contributed by atoms with Crippen LogP contribution in [0.25, 0.3) is 0 Å². The van der Waals surface area contributed by atoms with E-state index in [1.54, 1.807) is 6.92 Å². The number of nitro groups is 1. The van der Waals surface area contributed by atoms with E-state index in [4.69, 9.17) is 0 Å². The molecule has 0 unspecified atom stereocenters. The van der Waals surface area contributed by atoms with Gasteiger partial charge < -0.3 is 10.4 Å². The van der Waals surface area contributed by atoms with E-state index >= 15 is 0 Å². The van der Waals surface area contributed by atoms with Crippen molar-refractivity contribution in [1.29, 1.82) is 0 Å². The van der Waals surface area contributed by atoms with E-state index in [0.717, 1.165) is 12.8 Å². The number of hydrogen-bond acceptors (Lipinski definition) is 5. The molecule has 0 amide bonds. The van der Waals surface area contributed by atoms with Crippen LogP contribution >= 0.6 is 0 Å². The van der Waals surface area contributed by atoms with Crippen LogP contribution in [-0.4, -0.2) is 31.3 Å². The van der Waals surface area contributed by atoms with Crippen molar-refractivity contribution in [3.8, 4) is 0 Å². The largest absolute Gasteiger partial charge is 0.480 e. The molecule has 1 heterocycles. The Labute approximate surface area is 122 Å². The molecule has 0 aromatic carbocycles. The number of aromatic nitrogens is 2. The lowest BCUT2D eigenvalue weighted by Gasteiger charge is -2.26. The Morgan fingerprint density at radius 3 is 2.48 bits per heavy atom. The first-order valence-corrected chi connectivity index (χ1v) is 7.03. The van der Waals surface area contributed by atoms with Crippen molar-refractivity contribution < 1.29 is 14.8 Å². The van der Waals surface area contributed by atoms with E-state index in [1.165, 1.54) is 4.68 Å². The van der Waals surface area contributed by atoms with Crippen LogP contribution < -0.4 is 5.32 Å². The minimum absolute atomic E-state index is 0.104. The smallest absolute Gasteiger partial charge is 0.333 e. The van der Waals surface area contributed by atoms with E-state index in [1.807, 2.05) is 13.8 Å². The summed E-state index contributed by atoms with van der Waals surface area (Å²) in [5.74, 6) is -0.778. The van der Waals surface area contributed by atoms with Crippen molar-refractivity contribution in [3.63, 3.8) is 0 Å². The highest BCUT2D eigenvalue weighted by atomic mass is 16.6. The third kappa shape index (κ3) is 2.57. The first-order valence-electron chi connectivity index (χ1n) is 7.03. The molecule has 0 aliphatic heterocycles. The average Bonchev–Trinajstić information content (AvgIpc) is 2.95. The van der Waals surface area contributed by atoms with E-state index in [2.05, 4.69) is 10.4 Å². The minimum Gasteiger partial charge on any atom is -0.480 e. The van der Waals surface area contributed by atoms with Crippen LogP contribution in [0.15, 0.2) is 0 Å². The monoisotopic (exact) mass is 296 g/mol. The average molecular weight is 296 g/mol. The molecule has 1 aromatic rings. The molecule has 0 radical (unpaired) electrons. The van der Waals surface area contributed by atoms with Gasteiger partial charge in [0.2, 0.25) is 5.82 Å². The molecule has 0 saturated heterocycles. The van der Waals surface area contributed by atoms with Crippen molar-refractivity contribution in [3.05, 3.63) is 15.8 Å². The molecule has 1 aliphatic carbocycles. The number of nitrogens with zero attached hydrogens (tertiary/aromatic N) is 3. The number of nitrogens with one attached hydrogen (secondary N) is 1. The molecule has 21 heavy (non-hydrogen) atoms. The van der Waals surface area contributed by atoms with E-state index in [-0.39, 0.29) is 23.2 Å². The summed E-state index contributed by atoms with van der Waals surface area (Å²) in [4.78, 5) is 22.4. The zero-order valence-corrected chi connectivity index (χ0v) is 12.4. The minimum atomic E-state index is -1.14. The molecule has 2 N–H and O–H groups in total. The fourth-order valence-electron chi connectivity index (χ4n) is 2.85. The van der Waals surface area contributed by atoms with Gasteiger partial charge in [0, 0.05) is 6.04 Å². The zero-order chi connectivity index (χ0) is 15.8. The summed E-state index contributed by atoms with van der Waals surface area (Å²) in [6.07, 6.45) is 2.51. The second kappa shape index (κ2) is 5.34. The van der Waals surface area contributed by atoms with Crippen molar-refractivity contribution in [2.75, 3.05) is 5.32 Å². The van der Waals surface area contributed by atoms with Gasteiger partial charge in [-0.1, -0.05) is 12.8 Å². The van der Waals surface area contributed by atoms with Crippen LogP contribution in [0.4, 0.5) is 11.5 Å². The van der Waals surface area contributed by atoms with Gasteiger partial charge in [-0.15, -0.1) is 0 Å². The Morgan fingerprint density at radius 2 is 2.05 bits per heavy atom. The highest BCUT2D eigenvalue weighted by molar-refractivity contribution is 5.84. The summed E-state index contributed by atoms with van der Waals surface area (Å²) in [7, 11) is 0. The number of aryl methyl sites for hydroxylation is 1. The zero-order valence-electron chi connectivity index (χ0n) is 12.4. The highest BCUT2D eigenvalue weighted by Crippen LogP contribution is 2.38. The number of anilines is 1. The molecule has 1 aromatic heterocycles. The number of aliphatic carboxylic acids is 1. The molecule has 1 aliphatic rings. The third-order valence-corrected chi connectivity index (χ3v) is 3.95. The topological polar surface area (TPSA) is 110 Å². The van der Waals surface area contributed by atoms with Crippen molar-refractivity contribution >= 4 is 17.5 Å². The molecule has 8 nitrogen and oxygen atoms in total. The molecular weight excluding hydrogens is 276 g/mol. The second-order valence-electron chi connectivity index (χ2n) is 5.80. The van der Waals surface area contributed by atoms with Crippen LogP contribution in [0.5, 0.6) is 0 Å². The first kappa shape index (κ1) is 15.3. The summed E-state index contributed by atoms with van der Waals surface area (Å²) < 4.78 is 1.50. The normalized spacial score (nSPS) is 17.1. The molecule has 116 valence electrons. The predicted octanol–water partition coefficient (Wildman–Crippen LogP) is 2.49. The Balaban J connectivity index is 2.51. The maximum atomic E-state index is 11.6. The summed E-state index contributed by atoms with van der Waals surface area (Å²) in [6, 6.07) is -0.104. The Bertz CT molecular complexity index is 573. The quantitative estimate of drug-likeness (QED) is 0.638. The van der Waals surface area contributed by atoms with E-state index in [9.17, 15) is 20.0 Å². The van der Waals surface area contributed by atoms with Gasteiger partial charge in [0.1, 0.15) is 11.2 Å². The number of hydrogen-bond donors (Lipinski definition) is 2. The molecule has 8 heteroatoms. The Hall–Kier alpha value is -2.12. The standard InChI is InChI=1S/C13H20N4O4/c1-8(2)16-11(10(17(20)21)9(3)15-16)14-13(12(18)19)6-4-5-7-13/h8,14H,4-7H2,1-3H3,(H,18,19). The van der Waals surface area contributed by atoms with Crippen molar-refractivity contribution in [2.24, 2.45) is 0 Å². The van der Waals surface area contributed by atoms with Gasteiger partial charge in [-0.05, 0) is 33.6 Å². The number of carboxylic acid groups (broad SMARTS) is 1. The fraction of sp³-hybridized carbons (Fsp3) is 0.692. The van der Waals surface area contributed by atoms with Crippen molar-refractivity contribution in [1.82, 2.24) is 9.78 Å². The maximum absolute atomic E-state index is 11.6. The predicted molar refractivity (Wildman–Crippen MR) is 76.5 cm³/mol. The number of rotatable bonds is 5. The van der Waals surface area contributed by atoms with Gasteiger partial charge in [0.25, 0.3) is 0 Å². The van der Waals surface area contributed by atoms with Crippen LogP contribution in [-0.2, 0) is 4.79 Å². The molecule has 2 rings (SSSR count). The van der Waals surface area contributed by atoms with Crippen LogP contribution in [0, 0.1) is 17.0 Å². The Morgan fingerprint density at radius 1 is 1.48 bits per heavy atom. The lowest BCUT2D eigenvalue weighted by atomic mass is 9.98. The van der Waals surface area contributed by atoms with Crippen LogP contribution in [0.3, 0.4) is 0 Å². The second-order valence-corrected chi connectivity index (χ2v) is 5.80. The highest BCUT2D eigenvalue weighted by Gasteiger charge is 2.44. The lowest BCUT2D eigenvalue weighted by Crippen LogP contribution is -2.44. The molecular formula is C13H20N4O4. The summed E-state index contributed by atoms with van der Waals surface area (Å²) in [5.41, 5.74) is -0.991. The number of carboxylic acids is 1. The van der Waals surface area contributed by atoms with Gasteiger partial charge in [-0.25, -0.2) is 9.48 Å². The van der Waals surface area contributed by atoms with Crippen LogP contribution in [0.1, 0.15) is 51.3 Å². The fourth-order valence-corrected chi connectivity index (χ4v) is 2.85. The van der Waals surface area contributed by atoms with E-state index < -0.39 is 16.4 Å². The van der Waals surface area contributed by atoms with Gasteiger partial charge in [0.15, 0.2) is 0 Å². The third-order valence-electron chi connectivity index (χ3n) is 3.95. The van der Waals surface area contributed by atoms with Crippen molar-refractivity contribution in [2.45, 2.75) is 58.0 Å². The molecule has 0 bridgehead atoms.